The van der Waals surface area contributed by atoms with Gasteiger partial charge in [0.25, 0.3) is 0 Å². The van der Waals surface area contributed by atoms with Crippen molar-refractivity contribution in [3.63, 3.8) is 0 Å². The van der Waals surface area contributed by atoms with Crippen LogP contribution in [0.15, 0.2) is 30.3 Å². The highest BCUT2D eigenvalue weighted by molar-refractivity contribution is 6.37. The van der Waals surface area contributed by atoms with E-state index in [0.29, 0.717) is 9.13 Å². The molecule has 86 valence electrons. The molecule has 1 aliphatic heterocycles. The van der Waals surface area contributed by atoms with E-state index in [0.717, 1.165) is 11.5 Å². The van der Waals surface area contributed by atoms with Crippen LogP contribution >= 0.6 is 0 Å². The van der Waals surface area contributed by atoms with Crippen LogP contribution in [0, 0.1) is 11.7 Å². The molecule has 0 aromatic heterocycles. The van der Waals surface area contributed by atoms with Gasteiger partial charge in [-0.25, -0.2) is 0 Å². The van der Waals surface area contributed by atoms with E-state index in [9.17, 15) is 0 Å². The molecule has 18 heavy (non-hydrogen) atoms. The van der Waals surface area contributed by atoms with Gasteiger partial charge in [0, 0.05) is 15.0 Å². The molecule has 1 heterocycles. The summed E-state index contributed by atoms with van der Waals surface area (Å²) in [5.74, 6) is 0.754. The fourth-order valence-corrected chi connectivity index (χ4v) is 6.14. The minimum absolute atomic E-state index is 0.482. The van der Waals surface area contributed by atoms with Crippen LogP contribution in [0.5, 0.6) is 0 Å². The van der Waals surface area contributed by atoms with Crippen molar-refractivity contribution in [1.29, 1.82) is 0 Å². The summed E-state index contributed by atoms with van der Waals surface area (Å²) in [6.07, 6.45) is 0. The first-order valence-corrected chi connectivity index (χ1v) is 8.01. The molecule has 0 nitrogen and oxygen atoms in total. The van der Waals surface area contributed by atoms with E-state index in [4.69, 9.17) is 0 Å². The normalized spacial score (nSPS) is 24.4. The number of hydrogen-bond donors (Lipinski definition) is 0. The minimum atomic E-state index is 0.482. The fraction of sp³-hybridized carbons (Fsp3) is 0.235. The molecule has 0 saturated heterocycles. The third-order valence-corrected chi connectivity index (χ3v) is 6.86. The molecule has 3 aliphatic carbocycles. The maximum atomic E-state index is 2.44. The maximum absolute atomic E-state index is 2.44. The highest BCUT2D eigenvalue weighted by Gasteiger charge is 2.49. The monoisotopic (exact) mass is 246 g/mol. The van der Waals surface area contributed by atoms with Gasteiger partial charge in [-0.3, -0.25) is 0 Å². The smallest absolute Gasteiger partial charge is 0.0326 e. The Labute approximate surface area is 108 Å². The zero-order valence-electron chi connectivity index (χ0n) is 10.6. The van der Waals surface area contributed by atoms with E-state index in [1.165, 1.54) is 5.56 Å². The van der Waals surface area contributed by atoms with Gasteiger partial charge in [0.2, 0.25) is 0 Å². The molecule has 0 amide bonds. The van der Waals surface area contributed by atoms with Gasteiger partial charge in [0.15, 0.2) is 0 Å². The van der Waals surface area contributed by atoms with E-state index in [-0.39, 0.29) is 0 Å². The van der Waals surface area contributed by atoms with Crippen LogP contribution in [0.3, 0.4) is 0 Å². The van der Waals surface area contributed by atoms with Gasteiger partial charge in [-0.1, -0.05) is 37.3 Å². The Morgan fingerprint density at radius 3 is 2.61 bits per heavy atom. The quantitative estimate of drug-likeness (QED) is 0.679. The molecule has 4 aliphatic rings. The Morgan fingerprint density at radius 1 is 1.06 bits per heavy atom. The molecule has 0 spiro atoms. The zero-order chi connectivity index (χ0) is 12.0. The van der Waals surface area contributed by atoms with Gasteiger partial charge in [-0.15, -0.1) is 0 Å². The van der Waals surface area contributed by atoms with Crippen molar-refractivity contribution >= 4 is 14.7 Å². The minimum Gasteiger partial charge on any atom is -0.0622 e. The van der Waals surface area contributed by atoms with Crippen molar-refractivity contribution in [2.24, 2.45) is 0 Å². The first kappa shape index (κ1) is 9.46. The predicted octanol–water partition coefficient (Wildman–Crippen LogP) is 2.78. The molecule has 2 aromatic carbocycles. The van der Waals surface area contributed by atoms with Crippen molar-refractivity contribution in [2.45, 2.75) is 25.3 Å². The summed E-state index contributed by atoms with van der Waals surface area (Å²) in [7, 11) is 0.482. The summed E-state index contributed by atoms with van der Waals surface area (Å²) in [6.45, 7) is 4.80. The zero-order valence-corrected chi connectivity index (χ0v) is 11.8. The Kier molecular flexibility index (Phi) is 1.44. The Balaban J connectivity index is 1.99. The molecule has 0 N–H and O–H groups in total. The topological polar surface area (TPSA) is 0 Å². The van der Waals surface area contributed by atoms with Crippen molar-refractivity contribution in [3.8, 4) is 11.1 Å². The summed E-state index contributed by atoms with van der Waals surface area (Å²) < 4.78 is 0. The Bertz CT molecular complexity index is 844. The third-order valence-electron chi connectivity index (χ3n) is 4.95. The van der Waals surface area contributed by atoms with Crippen LogP contribution < -0.4 is 5.22 Å². The SMILES string of the molecule is Cc1c2c3c(-c4ccccc4)c4c1=[SiH]C(C)C=4C23. The maximum Gasteiger partial charge on any atom is 0.0326 e. The van der Waals surface area contributed by atoms with Crippen LogP contribution in [0.1, 0.15) is 29.5 Å². The molecule has 1 heteroatoms. The van der Waals surface area contributed by atoms with E-state index in [1.54, 1.807) is 37.9 Å². The van der Waals surface area contributed by atoms with E-state index in [1.807, 2.05) is 0 Å². The fourth-order valence-electron chi connectivity index (χ4n) is 4.22. The largest absolute Gasteiger partial charge is 0.0622 e. The average molecular weight is 246 g/mol. The summed E-state index contributed by atoms with van der Waals surface area (Å²) in [5.41, 5.74) is 10.7. The molecule has 2 atom stereocenters. The predicted molar refractivity (Wildman–Crippen MR) is 76.9 cm³/mol. The highest BCUT2D eigenvalue weighted by Crippen LogP contribution is 2.62. The molecule has 0 saturated carbocycles. The first-order valence-electron chi connectivity index (χ1n) is 6.76. The molecule has 6 bridgehead atoms. The summed E-state index contributed by atoms with van der Waals surface area (Å²) in [6, 6.07) is 11.0. The van der Waals surface area contributed by atoms with E-state index in [2.05, 4.69) is 44.2 Å². The van der Waals surface area contributed by atoms with Crippen molar-refractivity contribution in [3.05, 3.63) is 57.1 Å². The summed E-state index contributed by atoms with van der Waals surface area (Å²) in [4.78, 5) is 1.74. The molecule has 6 rings (SSSR count). The lowest BCUT2D eigenvalue weighted by atomic mass is 9.97. The van der Waals surface area contributed by atoms with Gasteiger partial charge < -0.3 is 0 Å². The van der Waals surface area contributed by atoms with Crippen LogP contribution in [0.25, 0.3) is 16.7 Å². The third kappa shape index (κ3) is 0.832. The number of hydrogen-bond acceptors (Lipinski definition) is 0. The summed E-state index contributed by atoms with van der Waals surface area (Å²) in [5, 5.41) is 1.68. The Hall–Kier alpha value is -1.47. The average Bonchev–Trinajstić information content (AvgIpc) is 2.91. The van der Waals surface area contributed by atoms with Gasteiger partial charge in [-0.05, 0) is 55.9 Å². The summed E-state index contributed by atoms with van der Waals surface area (Å²) >= 11 is 0. The highest BCUT2D eigenvalue weighted by atomic mass is 28.2. The lowest BCUT2D eigenvalue weighted by Crippen LogP contribution is -2.10. The molecular weight excluding hydrogens is 232 g/mol. The lowest BCUT2D eigenvalue weighted by molar-refractivity contribution is 1.13. The second-order valence-electron chi connectivity index (χ2n) is 5.83. The first-order chi connectivity index (χ1) is 8.79. The van der Waals surface area contributed by atoms with Crippen LogP contribution in [-0.4, -0.2) is 9.13 Å². The second kappa shape index (κ2) is 2.75. The van der Waals surface area contributed by atoms with E-state index < -0.39 is 0 Å². The van der Waals surface area contributed by atoms with E-state index >= 15 is 0 Å². The molecule has 2 unspecified atom stereocenters. The molecular formula is C17H14Si. The molecule has 0 fully saturated rings. The lowest BCUT2D eigenvalue weighted by Gasteiger charge is -2.07. The van der Waals surface area contributed by atoms with Gasteiger partial charge in [0.1, 0.15) is 0 Å². The van der Waals surface area contributed by atoms with Crippen molar-refractivity contribution in [1.82, 2.24) is 0 Å². The van der Waals surface area contributed by atoms with Crippen molar-refractivity contribution in [2.75, 3.05) is 0 Å². The number of benzene rings is 2. The Morgan fingerprint density at radius 2 is 1.83 bits per heavy atom. The van der Waals surface area contributed by atoms with Gasteiger partial charge >= 0.3 is 0 Å². The standard InChI is InChI=1S/C17H14Si/c1-8-11-14-12-9(2)18-17(8)16(12)13(15(11)14)10-6-4-3-5-7-10/h3-7,9,14,18H,1-2H3. The van der Waals surface area contributed by atoms with Crippen LogP contribution in [0.4, 0.5) is 0 Å². The van der Waals surface area contributed by atoms with Gasteiger partial charge in [0.05, 0.1) is 0 Å². The molecule has 2 aromatic rings. The molecule has 0 radical (unpaired) electrons. The van der Waals surface area contributed by atoms with Crippen LogP contribution in [0.2, 0.25) is 5.54 Å². The van der Waals surface area contributed by atoms with Gasteiger partial charge in [-0.2, -0.15) is 0 Å². The van der Waals surface area contributed by atoms with Crippen molar-refractivity contribution < 1.29 is 0 Å². The second-order valence-corrected chi connectivity index (χ2v) is 7.74. The number of rotatable bonds is 1. The van der Waals surface area contributed by atoms with Crippen LogP contribution in [-0.2, 0) is 0 Å².